The Morgan fingerprint density at radius 3 is 2.09 bits per heavy atom. The van der Waals surface area contributed by atoms with Crippen molar-refractivity contribution in [2.24, 2.45) is 0 Å². The second-order valence-electron chi connectivity index (χ2n) is 6.91. The molecule has 1 aromatic heterocycles. The smallest absolute Gasteiger partial charge is 0.239 e. The predicted molar refractivity (Wildman–Crippen MR) is 94.1 cm³/mol. The summed E-state index contributed by atoms with van der Waals surface area (Å²) in [5.41, 5.74) is 4.78. The highest BCUT2D eigenvalue weighted by Gasteiger charge is 2.29. The average Bonchev–Trinajstić information content (AvgIpc) is 2.87. The number of hydrogen-bond acceptors (Lipinski definition) is 2. The molecule has 3 nitrogen and oxygen atoms in total. The average molecular weight is 306 g/mol. The quantitative estimate of drug-likeness (QED) is 0.735. The standard InChI is InChI=1S/C20H22N2O/c1-14-10-12-15(13-11-14)17-18(20(2,3)4)22(21-19(17)23)16-8-6-5-7-9-16/h5-13H,1-4H3,(H,21,23). The van der Waals surface area contributed by atoms with Gasteiger partial charge in [-0.05, 0) is 24.6 Å². The van der Waals surface area contributed by atoms with E-state index in [4.69, 9.17) is 0 Å². The van der Waals surface area contributed by atoms with Crippen molar-refractivity contribution >= 4 is 0 Å². The zero-order chi connectivity index (χ0) is 16.6. The van der Waals surface area contributed by atoms with Crippen LogP contribution in [0.3, 0.4) is 0 Å². The zero-order valence-electron chi connectivity index (χ0n) is 14.0. The maximum absolute atomic E-state index is 10.5. The van der Waals surface area contributed by atoms with E-state index in [2.05, 4.69) is 44.9 Å². The maximum Gasteiger partial charge on any atom is 0.239 e. The first-order chi connectivity index (χ1) is 10.9. The molecule has 0 amide bonds. The van der Waals surface area contributed by atoms with E-state index in [0.717, 1.165) is 22.5 Å². The van der Waals surface area contributed by atoms with Crippen LogP contribution in [0, 0.1) is 6.92 Å². The minimum atomic E-state index is -0.163. The first-order valence-corrected chi connectivity index (χ1v) is 7.83. The molecule has 0 aliphatic carbocycles. The van der Waals surface area contributed by atoms with Gasteiger partial charge < -0.3 is 5.11 Å². The predicted octanol–water partition coefficient (Wildman–Crippen LogP) is 4.85. The number of nitrogens with zero attached hydrogens (tertiary/aromatic N) is 2. The normalized spacial score (nSPS) is 11.7. The molecule has 0 aliphatic rings. The van der Waals surface area contributed by atoms with E-state index >= 15 is 0 Å². The zero-order valence-corrected chi connectivity index (χ0v) is 14.0. The van der Waals surface area contributed by atoms with Gasteiger partial charge in [0.05, 0.1) is 16.9 Å². The van der Waals surface area contributed by atoms with Crippen LogP contribution in [0.4, 0.5) is 0 Å². The number of benzene rings is 2. The summed E-state index contributed by atoms with van der Waals surface area (Å²) < 4.78 is 1.85. The van der Waals surface area contributed by atoms with Gasteiger partial charge in [0.25, 0.3) is 0 Å². The molecule has 2 aromatic carbocycles. The molecular formula is C20H22N2O. The van der Waals surface area contributed by atoms with Gasteiger partial charge in [0.15, 0.2) is 0 Å². The lowest BCUT2D eigenvalue weighted by molar-refractivity contribution is 0.449. The number of hydrogen-bond donors (Lipinski definition) is 1. The van der Waals surface area contributed by atoms with E-state index in [9.17, 15) is 5.11 Å². The fraction of sp³-hybridized carbons (Fsp3) is 0.250. The van der Waals surface area contributed by atoms with Gasteiger partial charge in [-0.1, -0.05) is 68.8 Å². The van der Waals surface area contributed by atoms with Gasteiger partial charge in [-0.25, -0.2) is 4.68 Å². The summed E-state index contributed by atoms with van der Waals surface area (Å²) in [5.74, 6) is 0.0719. The van der Waals surface area contributed by atoms with E-state index in [1.165, 1.54) is 5.56 Å². The first kappa shape index (κ1) is 15.3. The molecule has 118 valence electrons. The first-order valence-electron chi connectivity index (χ1n) is 7.83. The lowest BCUT2D eigenvalue weighted by Crippen LogP contribution is -2.18. The Morgan fingerprint density at radius 1 is 0.913 bits per heavy atom. The molecule has 0 saturated heterocycles. The van der Waals surface area contributed by atoms with Crippen LogP contribution in [0.25, 0.3) is 16.8 Å². The van der Waals surface area contributed by atoms with Gasteiger partial charge in [-0.15, -0.1) is 5.10 Å². The Morgan fingerprint density at radius 2 is 1.52 bits per heavy atom. The van der Waals surface area contributed by atoms with Gasteiger partial charge in [0.1, 0.15) is 0 Å². The van der Waals surface area contributed by atoms with Gasteiger partial charge in [-0.3, -0.25) is 0 Å². The molecule has 0 spiro atoms. The number of para-hydroxylation sites is 1. The molecule has 0 radical (unpaired) electrons. The van der Waals surface area contributed by atoms with Gasteiger partial charge in [-0.2, -0.15) is 0 Å². The van der Waals surface area contributed by atoms with Crippen molar-refractivity contribution < 1.29 is 5.11 Å². The Balaban J connectivity index is 2.28. The molecule has 3 heteroatoms. The molecule has 3 rings (SSSR count). The van der Waals surface area contributed by atoms with Crippen LogP contribution in [-0.4, -0.2) is 14.9 Å². The third kappa shape index (κ3) is 2.87. The van der Waals surface area contributed by atoms with Crippen molar-refractivity contribution in [2.45, 2.75) is 33.1 Å². The fourth-order valence-corrected chi connectivity index (χ4v) is 2.84. The van der Waals surface area contributed by atoms with Crippen LogP contribution in [0.15, 0.2) is 54.6 Å². The lowest BCUT2D eigenvalue weighted by Gasteiger charge is -2.22. The van der Waals surface area contributed by atoms with Gasteiger partial charge in [0, 0.05) is 5.41 Å². The van der Waals surface area contributed by atoms with Crippen LogP contribution in [-0.2, 0) is 5.41 Å². The molecule has 0 unspecified atom stereocenters. The topological polar surface area (TPSA) is 38.1 Å². The summed E-state index contributed by atoms with van der Waals surface area (Å²) in [6, 6.07) is 18.1. The van der Waals surface area contributed by atoms with E-state index in [1.807, 2.05) is 47.1 Å². The van der Waals surface area contributed by atoms with Crippen molar-refractivity contribution in [3.8, 4) is 22.7 Å². The summed E-state index contributed by atoms with van der Waals surface area (Å²) in [6.45, 7) is 8.48. The Bertz CT molecular complexity index is 809. The van der Waals surface area contributed by atoms with Crippen molar-refractivity contribution in [3.63, 3.8) is 0 Å². The van der Waals surface area contributed by atoms with Crippen molar-refractivity contribution in [3.05, 3.63) is 65.9 Å². The molecular weight excluding hydrogens is 284 g/mol. The van der Waals surface area contributed by atoms with Crippen LogP contribution >= 0.6 is 0 Å². The van der Waals surface area contributed by atoms with Crippen LogP contribution in [0.2, 0.25) is 0 Å². The van der Waals surface area contributed by atoms with Crippen molar-refractivity contribution in [1.29, 1.82) is 0 Å². The molecule has 1 heterocycles. The SMILES string of the molecule is Cc1ccc(-c2c(O)nn(-c3ccccc3)c2C(C)(C)C)cc1. The summed E-state index contributed by atoms with van der Waals surface area (Å²) in [5, 5.41) is 14.9. The molecule has 0 aliphatic heterocycles. The monoisotopic (exact) mass is 306 g/mol. The Labute approximate surface area is 137 Å². The summed E-state index contributed by atoms with van der Waals surface area (Å²) in [6.07, 6.45) is 0. The number of aromatic hydroxyl groups is 1. The van der Waals surface area contributed by atoms with Crippen LogP contribution in [0.5, 0.6) is 5.88 Å². The molecule has 23 heavy (non-hydrogen) atoms. The fourth-order valence-electron chi connectivity index (χ4n) is 2.84. The summed E-state index contributed by atoms with van der Waals surface area (Å²) in [7, 11) is 0. The molecule has 0 bridgehead atoms. The largest absolute Gasteiger partial charge is 0.492 e. The Hall–Kier alpha value is -2.55. The van der Waals surface area contributed by atoms with Crippen LogP contribution < -0.4 is 0 Å². The molecule has 0 fully saturated rings. The van der Waals surface area contributed by atoms with E-state index in [-0.39, 0.29) is 11.3 Å². The highest BCUT2D eigenvalue weighted by Crippen LogP contribution is 2.40. The van der Waals surface area contributed by atoms with Crippen molar-refractivity contribution in [1.82, 2.24) is 9.78 Å². The molecule has 1 N–H and O–H groups in total. The number of aryl methyl sites for hydroxylation is 1. The Kier molecular flexibility index (Phi) is 3.72. The lowest BCUT2D eigenvalue weighted by atomic mass is 9.86. The van der Waals surface area contributed by atoms with Gasteiger partial charge in [0.2, 0.25) is 5.88 Å². The molecule has 0 saturated carbocycles. The van der Waals surface area contributed by atoms with Crippen molar-refractivity contribution in [2.75, 3.05) is 0 Å². The second-order valence-corrected chi connectivity index (χ2v) is 6.91. The van der Waals surface area contributed by atoms with E-state index in [0.29, 0.717) is 0 Å². The van der Waals surface area contributed by atoms with E-state index in [1.54, 1.807) is 0 Å². The number of rotatable bonds is 2. The minimum Gasteiger partial charge on any atom is -0.492 e. The highest BCUT2D eigenvalue weighted by atomic mass is 16.3. The second kappa shape index (κ2) is 5.58. The maximum atomic E-state index is 10.5. The number of aromatic nitrogens is 2. The minimum absolute atomic E-state index is 0.0719. The van der Waals surface area contributed by atoms with Gasteiger partial charge >= 0.3 is 0 Å². The van der Waals surface area contributed by atoms with E-state index < -0.39 is 0 Å². The van der Waals surface area contributed by atoms with Crippen LogP contribution in [0.1, 0.15) is 32.0 Å². The third-order valence-electron chi connectivity index (χ3n) is 3.92. The highest BCUT2D eigenvalue weighted by molar-refractivity contribution is 5.73. The summed E-state index contributed by atoms with van der Waals surface area (Å²) >= 11 is 0. The third-order valence-corrected chi connectivity index (χ3v) is 3.92. The summed E-state index contributed by atoms with van der Waals surface area (Å²) in [4.78, 5) is 0. The molecule has 0 atom stereocenters. The molecule has 3 aromatic rings.